The first-order chi connectivity index (χ1) is 17.4. The molecule has 0 aliphatic carbocycles. The van der Waals surface area contributed by atoms with Gasteiger partial charge in [0.25, 0.3) is 5.97 Å². The first kappa shape index (κ1) is 25.7. The van der Waals surface area contributed by atoms with Crippen molar-refractivity contribution in [3.05, 3.63) is 108 Å². The van der Waals surface area contributed by atoms with Gasteiger partial charge in [0.2, 0.25) is 0 Å². The molecular formula is C28H22N3NaO3S. The number of carbonyl (C=O) groups excluding carboxylic acids is 1. The van der Waals surface area contributed by atoms with Gasteiger partial charge in [0, 0.05) is 25.0 Å². The summed E-state index contributed by atoms with van der Waals surface area (Å²) < 4.78 is 3.41. The van der Waals surface area contributed by atoms with Gasteiger partial charge in [-0.1, -0.05) is 12.1 Å². The maximum absolute atomic E-state index is 12.3. The number of hydrogen-bond acceptors (Lipinski definition) is 4. The van der Waals surface area contributed by atoms with E-state index >= 15 is 0 Å². The van der Waals surface area contributed by atoms with Crippen LogP contribution in [0, 0.1) is 0 Å². The quantitative estimate of drug-likeness (QED) is 0.299. The summed E-state index contributed by atoms with van der Waals surface area (Å²) >= 11 is 2.39. The van der Waals surface area contributed by atoms with Crippen LogP contribution in [0.4, 0.5) is 5.69 Å². The van der Waals surface area contributed by atoms with Gasteiger partial charge < -0.3 is 9.67 Å². The fraction of sp³-hybridized carbons (Fsp3) is 0.0357. The molecule has 0 atom stereocenters. The molecule has 5 rings (SSSR count). The number of carboxylic acid groups (broad SMARTS) is 1. The van der Waals surface area contributed by atoms with Crippen molar-refractivity contribution in [1.82, 2.24) is 4.57 Å². The first-order valence-electron chi connectivity index (χ1n) is 11.3. The number of amidine groups is 1. The number of amides is 1. The molecule has 1 aliphatic rings. The summed E-state index contributed by atoms with van der Waals surface area (Å²) in [5.74, 6) is -1.04. The Morgan fingerprint density at radius 1 is 0.944 bits per heavy atom. The molecule has 0 spiro atoms. The van der Waals surface area contributed by atoms with E-state index in [4.69, 9.17) is 9.90 Å². The maximum atomic E-state index is 12.3. The summed E-state index contributed by atoms with van der Waals surface area (Å²) in [7, 11) is 0. The van der Waals surface area contributed by atoms with E-state index in [-0.39, 0.29) is 5.91 Å². The number of thioether (sulfide) groups is 1. The Bertz CT molecular complexity index is 1410. The van der Waals surface area contributed by atoms with Crippen molar-refractivity contribution in [3.63, 3.8) is 0 Å². The van der Waals surface area contributed by atoms with Crippen LogP contribution in [0.2, 0.25) is 0 Å². The number of nitrogens with one attached hydrogen (secondary N) is 1. The normalized spacial score (nSPS) is 13.7. The molecule has 174 valence electrons. The van der Waals surface area contributed by atoms with Crippen LogP contribution in [-0.4, -0.2) is 54.6 Å². The zero-order chi connectivity index (χ0) is 25.5. The minimum atomic E-state index is -0.833. The van der Waals surface area contributed by atoms with E-state index in [1.165, 1.54) is 14.6 Å². The SMILES string of the molecule is CC(=O)O.O=C1N=C(Nc2cc[c]([Na])cc2)SC1=Cc1ccc(-c2ccc(-n3cccc3)cc2)cc1. The van der Waals surface area contributed by atoms with Crippen molar-refractivity contribution in [2.75, 3.05) is 5.32 Å². The van der Waals surface area contributed by atoms with E-state index in [1.54, 1.807) is 0 Å². The molecule has 1 aliphatic heterocycles. The number of aliphatic carboxylic acids is 1. The van der Waals surface area contributed by atoms with Crippen molar-refractivity contribution >= 4 is 71.3 Å². The van der Waals surface area contributed by atoms with Crippen molar-refractivity contribution in [2.24, 2.45) is 4.99 Å². The molecule has 6 nitrogen and oxygen atoms in total. The van der Waals surface area contributed by atoms with Gasteiger partial charge >= 0.3 is 139 Å². The summed E-state index contributed by atoms with van der Waals surface area (Å²) in [5.41, 5.74) is 5.34. The van der Waals surface area contributed by atoms with Gasteiger partial charge in [-0.15, -0.1) is 0 Å². The van der Waals surface area contributed by atoms with E-state index < -0.39 is 5.97 Å². The molecule has 0 saturated heterocycles. The Morgan fingerprint density at radius 3 is 2.08 bits per heavy atom. The Balaban J connectivity index is 0.000000709. The number of rotatable bonds is 4. The molecule has 0 bridgehead atoms. The van der Waals surface area contributed by atoms with Gasteiger partial charge in [0.15, 0.2) is 0 Å². The summed E-state index contributed by atoms with van der Waals surface area (Å²) in [6.07, 6.45) is 5.96. The number of hydrogen-bond donors (Lipinski definition) is 2. The Labute approximate surface area is 231 Å². The summed E-state index contributed by atoms with van der Waals surface area (Å²) in [6, 6.07) is 28.9. The third-order valence-electron chi connectivity index (χ3n) is 5.24. The number of aliphatic imine (C=N–C) groups is 1. The second kappa shape index (κ2) is 12.1. The minimum absolute atomic E-state index is 0.207. The second-order valence-corrected chi connectivity index (χ2v) is 10.3. The number of nitrogens with zero attached hydrogens (tertiary/aromatic N) is 2. The molecule has 36 heavy (non-hydrogen) atoms. The molecule has 2 N–H and O–H groups in total. The molecule has 0 radical (unpaired) electrons. The molecule has 1 aromatic heterocycles. The Morgan fingerprint density at radius 2 is 1.50 bits per heavy atom. The summed E-state index contributed by atoms with van der Waals surface area (Å²) in [4.78, 5) is 26.1. The molecule has 8 heteroatoms. The van der Waals surface area contributed by atoms with Crippen LogP contribution in [0.1, 0.15) is 12.5 Å². The van der Waals surface area contributed by atoms with E-state index in [0.29, 0.717) is 10.1 Å². The topological polar surface area (TPSA) is 83.7 Å². The van der Waals surface area contributed by atoms with Crippen LogP contribution in [0.3, 0.4) is 0 Å². The van der Waals surface area contributed by atoms with Crippen molar-refractivity contribution in [1.29, 1.82) is 0 Å². The number of benzene rings is 3. The van der Waals surface area contributed by atoms with Gasteiger partial charge in [-0.2, -0.15) is 0 Å². The zero-order valence-corrected chi connectivity index (χ0v) is 22.7. The van der Waals surface area contributed by atoms with Gasteiger partial charge in [0.1, 0.15) is 0 Å². The molecule has 0 unspecified atom stereocenters. The van der Waals surface area contributed by atoms with Gasteiger partial charge in [0.05, 0.1) is 0 Å². The molecular weight excluding hydrogens is 481 g/mol. The van der Waals surface area contributed by atoms with Crippen LogP contribution in [-0.2, 0) is 9.59 Å². The fourth-order valence-electron chi connectivity index (χ4n) is 3.48. The van der Waals surface area contributed by atoms with Crippen LogP contribution in [0.5, 0.6) is 0 Å². The molecule has 3 aromatic carbocycles. The fourth-order valence-corrected chi connectivity index (χ4v) is 4.65. The predicted molar refractivity (Wildman–Crippen MR) is 148 cm³/mol. The monoisotopic (exact) mass is 503 g/mol. The third-order valence-corrected chi connectivity index (χ3v) is 6.80. The number of anilines is 1. The average molecular weight is 504 g/mol. The average Bonchev–Trinajstić information content (AvgIpc) is 3.51. The number of carboxylic acids is 1. The Hall–Kier alpha value is -3.36. The molecule has 1 amide bonds. The van der Waals surface area contributed by atoms with Crippen LogP contribution < -0.4 is 8.13 Å². The van der Waals surface area contributed by atoms with Gasteiger partial charge in [-0.25, -0.2) is 0 Å². The van der Waals surface area contributed by atoms with E-state index in [2.05, 4.69) is 63.4 Å². The van der Waals surface area contributed by atoms with Crippen molar-refractivity contribution < 1.29 is 14.7 Å². The molecule has 0 fully saturated rings. The van der Waals surface area contributed by atoms with E-state index in [1.807, 2.05) is 54.9 Å². The van der Waals surface area contributed by atoms with Crippen molar-refractivity contribution in [2.45, 2.75) is 6.92 Å². The number of aromatic nitrogens is 1. The second-order valence-electron chi connectivity index (χ2n) is 8.10. The summed E-state index contributed by atoms with van der Waals surface area (Å²) in [5, 5.41) is 11.3. The molecule has 0 saturated carbocycles. The standard InChI is InChI=1S/C26H18N3OS.C2H4O2.Na/c30-25-24(31-26(28-25)27-22-6-2-1-3-7-22)18-19-8-10-20(11-9-19)21-12-14-23(15-13-21)29-16-4-5-17-29;1-2(3)4;/h2-18H,(H,27,28,30);1H3,(H,3,4);. The zero-order valence-electron chi connectivity index (χ0n) is 19.9. The first-order valence-corrected chi connectivity index (χ1v) is 13.1. The summed E-state index contributed by atoms with van der Waals surface area (Å²) in [6.45, 7) is 1.08. The van der Waals surface area contributed by atoms with Gasteiger partial charge in [-0.05, 0) is 35.4 Å². The van der Waals surface area contributed by atoms with Crippen LogP contribution >= 0.6 is 11.8 Å². The van der Waals surface area contributed by atoms with Crippen molar-refractivity contribution in [3.8, 4) is 16.8 Å². The van der Waals surface area contributed by atoms with Crippen LogP contribution in [0.15, 0.2) is 107 Å². The molecule has 4 aromatic rings. The van der Waals surface area contributed by atoms with Crippen LogP contribution in [0.25, 0.3) is 22.9 Å². The van der Waals surface area contributed by atoms with E-state index in [0.717, 1.165) is 62.9 Å². The van der Waals surface area contributed by atoms with E-state index in [9.17, 15) is 4.79 Å². The van der Waals surface area contributed by atoms with Gasteiger partial charge in [-0.3, -0.25) is 4.79 Å². The Kier molecular flexibility index (Phi) is 8.61. The third kappa shape index (κ3) is 7.08. The molecule has 2 heterocycles. The predicted octanol–water partition coefficient (Wildman–Crippen LogP) is 5.11. The number of carbonyl (C=O) groups is 2.